The second kappa shape index (κ2) is 5.87. The highest BCUT2D eigenvalue weighted by molar-refractivity contribution is 6.31. The Hall–Kier alpha value is -1.85. The van der Waals surface area contributed by atoms with Crippen LogP contribution in [0.3, 0.4) is 0 Å². The Kier molecular flexibility index (Phi) is 3.94. The van der Waals surface area contributed by atoms with Crippen LogP contribution in [0.2, 0.25) is 5.02 Å². The van der Waals surface area contributed by atoms with Crippen molar-refractivity contribution in [2.75, 3.05) is 0 Å². The maximum absolute atomic E-state index is 10.8. The molecule has 6 heteroatoms. The highest BCUT2D eigenvalue weighted by Crippen LogP contribution is 2.31. The van der Waals surface area contributed by atoms with Gasteiger partial charge in [0.1, 0.15) is 5.76 Å². The van der Waals surface area contributed by atoms with Gasteiger partial charge in [-0.1, -0.05) is 11.6 Å². The zero-order valence-corrected chi connectivity index (χ0v) is 12.1. The fourth-order valence-corrected chi connectivity index (χ4v) is 2.93. The fourth-order valence-electron chi connectivity index (χ4n) is 2.74. The maximum atomic E-state index is 10.8. The number of nitro benzene ring substituents is 1. The van der Waals surface area contributed by atoms with E-state index in [1.165, 1.54) is 17.7 Å². The van der Waals surface area contributed by atoms with Crippen LogP contribution in [0.5, 0.6) is 0 Å². The first-order valence-corrected chi connectivity index (χ1v) is 7.25. The Morgan fingerprint density at radius 3 is 3.10 bits per heavy atom. The number of nitrogens with zero attached hydrogens (tertiary/aromatic N) is 1. The molecule has 21 heavy (non-hydrogen) atoms. The molecule has 0 bridgehead atoms. The number of halogens is 1. The lowest BCUT2D eigenvalue weighted by atomic mass is 9.93. The molecule has 1 aliphatic carbocycles. The first-order valence-electron chi connectivity index (χ1n) is 6.87. The van der Waals surface area contributed by atoms with Crippen LogP contribution in [-0.4, -0.2) is 4.92 Å². The van der Waals surface area contributed by atoms with Gasteiger partial charge in [-0.25, -0.2) is 0 Å². The van der Waals surface area contributed by atoms with Crippen LogP contribution < -0.4 is 5.32 Å². The molecule has 0 saturated carbocycles. The average molecular weight is 307 g/mol. The quantitative estimate of drug-likeness (QED) is 0.684. The van der Waals surface area contributed by atoms with Crippen molar-refractivity contribution < 1.29 is 9.34 Å². The normalized spacial score (nSPS) is 17.5. The summed E-state index contributed by atoms with van der Waals surface area (Å²) in [5, 5.41) is 14.8. The summed E-state index contributed by atoms with van der Waals surface area (Å²) in [7, 11) is 0. The number of furan rings is 1. The van der Waals surface area contributed by atoms with Crippen LogP contribution in [0.25, 0.3) is 0 Å². The minimum absolute atomic E-state index is 0.0591. The van der Waals surface area contributed by atoms with Gasteiger partial charge in [-0.2, -0.15) is 0 Å². The third-order valence-corrected chi connectivity index (χ3v) is 4.20. The summed E-state index contributed by atoms with van der Waals surface area (Å²) in [6.45, 7) is 0.496. The molecule has 1 aromatic carbocycles. The summed E-state index contributed by atoms with van der Waals surface area (Å²) < 4.78 is 5.46. The lowest BCUT2D eigenvalue weighted by molar-refractivity contribution is -0.384. The van der Waals surface area contributed by atoms with Crippen LogP contribution in [0, 0.1) is 10.1 Å². The van der Waals surface area contributed by atoms with Gasteiger partial charge in [0.15, 0.2) is 0 Å². The van der Waals surface area contributed by atoms with Gasteiger partial charge in [0, 0.05) is 41.7 Å². The summed E-state index contributed by atoms with van der Waals surface area (Å²) in [5.41, 5.74) is 1.98. The van der Waals surface area contributed by atoms with E-state index in [4.69, 9.17) is 16.0 Å². The van der Waals surface area contributed by atoms with Crippen molar-refractivity contribution in [1.29, 1.82) is 0 Å². The molecule has 1 N–H and O–H groups in total. The van der Waals surface area contributed by atoms with Crippen molar-refractivity contribution >= 4 is 17.3 Å². The Labute approximate surface area is 127 Å². The molecule has 0 fully saturated rings. The molecule has 110 valence electrons. The van der Waals surface area contributed by atoms with Gasteiger partial charge in [0.2, 0.25) is 0 Å². The van der Waals surface area contributed by atoms with E-state index in [0.717, 1.165) is 30.6 Å². The Balaban J connectivity index is 1.74. The molecule has 0 saturated heterocycles. The lowest BCUT2D eigenvalue weighted by Crippen LogP contribution is -2.24. The molecule has 2 aromatic rings. The van der Waals surface area contributed by atoms with Crippen LogP contribution >= 0.6 is 11.6 Å². The Bertz CT molecular complexity index is 669. The first-order chi connectivity index (χ1) is 10.1. The molecule has 1 unspecified atom stereocenters. The predicted molar refractivity (Wildman–Crippen MR) is 79.3 cm³/mol. The molecule has 3 rings (SSSR count). The largest absolute Gasteiger partial charge is 0.469 e. The standard InChI is InChI=1S/C15H15ClN2O3/c16-13-5-4-11(18(19)20)8-10(13)9-17-14-2-1-3-15-12(14)6-7-21-15/h4-8,14,17H,1-3,9H2. The van der Waals surface area contributed by atoms with E-state index in [1.807, 2.05) is 6.07 Å². The van der Waals surface area contributed by atoms with Crippen LogP contribution in [-0.2, 0) is 13.0 Å². The van der Waals surface area contributed by atoms with E-state index in [1.54, 1.807) is 12.3 Å². The number of nitrogens with one attached hydrogen (secondary N) is 1. The zero-order chi connectivity index (χ0) is 14.8. The van der Waals surface area contributed by atoms with E-state index < -0.39 is 4.92 Å². The number of hydrogen-bond acceptors (Lipinski definition) is 4. The van der Waals surface area contributed by atoms with Crippen LogP contribution in [0.15, 0.2) is 34.9 Å². The van der Waals surface area contributed by atoms with Crippen LogP contribution in [0.1, 0.15) is 35.8 Å². The molecular weight excluding hydrogens is 292 g/mol. The third kappa shape index (κ3) is 2.94. The number of rotatable bonds is 4. The summed E-state index contributed by atoms with van der Waals surface area (Å²) in [5.74, 6) is 1.03. The third-order valence-electron chi connectivity index (χ3n) is 3.83. The lowest BCUT2D eigenvalue weighted by Gasteiger charge is -2.23. The second-order valence-corrected chi connectivity index (χ2v) is 5.56. The van der Waals surface area contributed by atoms with Crippen molar-refractivity contribution in [2.24, 2.45) is 0 Å². The predicted octanol–water partition coefficient (Wildman–Crippen LogP) is 4.01. The van der Waals surface area contributed by atoms with Gasteiger partial charge in [0.05, 0.1) is 11.2 Å². The average Bonchev–Trinajstić information content (AvgIpc) is 2.95. The molecule has 0 spiro atoms. The van der Waals surface area contributed by atoms with Crippen molar-refractivity contribution in [3.05, 3.63) is 62.6 Å². The van der Waals surface area contributed by atoms with Crippen LogP contribution in [0.4, 0.5) is 5.69 Å². The number of aryl methyl sites for hydroxylation is 1. The minimum Gasteiger partial charge on any atom is -0.469 e. The smallest absolute Gasteiger partial charge is 0.269 e. The Morgan fingerprint density at radius 1 is 1.43 bits per heavy atom. The van der Waals surface area contributed by atoms with Crippen molar-refractivity contribution in [3.63, 3.8) is 0 Å². The molecule has 5 nitrogen and oxygen atoms in total. The van der Waals surface area contributed by atoms with E-state index in [-0.39, 0.29) is 11.7 Å². The monoisotopic (exact) mass is 306 g/mol. The van der Waals surface area contributed by atoms with Gasteiger partial charge < -0.3 is 9.73 Å². The number of hydrogen-bond donors (Lipinski definition) is 1. The zero-order valence-electron chi connectivity index (χ0n) is 11.3. The summed E-state index contributed by atoms with van der Waals surface area (Å²) in [6.07, 6.45) is 4.78. The molecule has 1 heterocycles. The topological polar surface area (TPSA) is 68.3 Å². The second-order valence-electron chi connectivity index (χ2n) is 5.16. The van der Waals surface area contributed by atoms with E-state index in [9.17, 15) is 10.1 Å². The van der Waals surface area contributed by atoms with Gasteiger partial charge in [0.25, 0.3) is 5.69 Å². The molecule has 0 radical (unpaired) electrons. The highest BCUT2D eigenvalue weighted by atomic mass is 35.5. The molecule has 1 aliphatic rings. The SMILES string of the molecule is O=[N+]([O-])c1ccc(Cl)c(CNC2CCCc3occc32)c1. The number of non-ortho nitro benzene ring substituents is 1. The molecule has 1 aromatic heterocycles. The molecule has 1 atom stereocenters. The van der Waals surface area contributed by atoms with Crippen molar-refractivity contribution in [2.45, 2.75) is 31.8 Å². The van der Waals surface area contributed by atoms with Crippen molar-refractivity contribution in [3.8, 4) is 0 Å². The van der Waals surface area contributed by atoms with Gasteiger partial charge in [-0.15, -0.1) is 0 Å². The summed E-state index contributed by atoms with van der Waals surface area (Å²) in [6, 6.07) is 6.71. The van der Waals surface area contributed by atoms with Crippen molar-refractivity contribution in [1.82, 2.24) is 5.32 Å². The van der Waals surface area contributed by atoms with Gasteiger partial charge >= 0.3 is 0 Å². The van der Waals surface area contributed by atoms with E-state index in [2.05, 4.69) is 5.32 Å². The Morgan fingerprint density at radius 2 is 2.29 bits per heavy atom. The van der Waals surface area contributed by atoms with Gasteiger partial charge in [-0.3, -0.25) is 10.1 Å². The van der Waals surface area contributed by atoms with Gasteiger partial charge in [-0.05, 0) is 30.5 Å². The molecular formula is C15H15ClN2O3. The molecule has 0 amide bonds. The fraction of sp³-hybridized carbons (Fsp3) is 0.333. The van der Waals surface area contributed by atoms with E-state index >= 15 is 0 Å². The highest BCUT2D eigenvalue weighted by Gasteiger charge is 2.22. The van der Waals surface area contributed by atoms with E-state index in [0.29, 0.717) is 11.6 Å². The number of nitro groups is 1. The number of fused-ring (bicyclic) bond motifs is 1. The maximum Gasteiger partial charge on any atom is 0.269 e. The summed E-state index contributed by atoms with van der Waals surface area (Å²) >= 11 is 6.12. The summed E-state index contributed by atoms with van der Waals surface area (Å²) in [4.78, 5) is 10.4. The first kappa shape index (κ1) is 14.1. The minimum atomic E-state index is -0.408. The number of benzene rings is 1. The molecule has 0 aliphatic heterocycles.